The van der Waals surface area contributed by atoms with E-state index in [9.17, 15) is 9.59 Å². The molecule has 6 heteroatoms. The van der Waals surface area contributed by atoms with Gasteiger partial charge in [-0.3, -0.25) is 14.6 Å². The number of H-pyrrole nitrogens is 1. The number of carbonyl (C=O) groups is 1. The van der Waals surface area contributed by atoms with Crippen LogP contribution in [0.25, 0.3) is 11.3 Å². The molecule has 0 bridgehead atoms. The molecule has 3 aromatic rings. The van der Waals surface area contributed by atoms with Crippen molar-refractivity contribution in [2.45, 2.75) is 0 Å². The molecule has 1 amide bonds. The molecule has 0 aliphatic heterocycles. The summed E-state index contributed by atoms with van der Waals surface area (Å²) >= 11 is 0. The first-order chi connectivity index (χ1) is 10.7. The Bertz CT molecular complexity index is 822. The third-order valence-electron chi connectivity index (χ3n) is 3.05. The lowest BCUT2D eigenvalue weighted by Crippen LogP contribution is -2.11. The third kappa shape index (κ3) is 3.06. The largest absolute Gasteiger partial charge is 0.326 e. The van der Waals surface area contributed by atoms with Crippen molar-refractivity contribution in [1.29, 1.82) is 0 Å². The van der Waals surface area contributed by atoms with E-state index < -0.39 is 0 Å². The number of carbonyl (C=O) groups excluding carboxylic acids is 1. The molecule has 22 heavy (non-hydrogen) atoms. The molecule has 0 radical (unpaired) electrons. The van der Waals surface area contributed by atoms with E-state index >= 15 is 0 Å². The molecule has 3 rings (SSSR count). The van der Waals surface area contributed by atoms with Gasteiger partial charge in [0.2, 0.25) is 0 Å². The van der Waals surface area contributed by atoms with Gasteiger partial charge in [0, 0.05) is 35.4 Å². The van der Waals surface area contributed by atoms with Crippen molar-refractivity contribution in [1.82, 2.24) is 15.0 Å². The van der Waals surface area contributed by atoms with Crippen LogP contribution < -0.4 is 10.9 Å². The summed E-state index contributed by atoms with van der Waals surface area (Å²) in [6, 6.07) is 10.5. The molecule has 2 heterocycles. The standard InChI is InChI=1S/C16H12N4O2/c21-15-10-18-14(9-19-15)11-1-3-13(4-2-11)20-16(22)12-5-7-17-8-6-12/h1-10H,(H,19,21)(H,20,22). The van der Waals surface area contributed by atoms with Gasteiger partial charge in [0.15, 0.2) is 0 Å². The average molecular weight is 292 g/mol. The highest BCUT2D eigenvalue weighted by Crippen LogP contribution is 2.18. The second kappa shape index (κ2) is 6.01. The van der Waals surface area contributed by atoms with Crippen LogP contribution in [0.15, 0.2) is 66.0 Å². The number of hydrogen-bond acceptors (Lipinski definition) is 4. The second-order valence-electron chi connectivity index (χ2n) is 4.56. The molecule has 2 aromatic heterocycles. The molecule has 6 nitrogen and oxygen atoms in total. The number of anilines is 1. The smallest absolute Gasteiger partial charge is 0.266 e. The highest BCUT2D eigenvalue weighted by molar-refractivity contribution is 6.04. The summed E-state index contributed by atoms with van der Waals surface area (Å²) in [5, 5.41) is 2.80. The quantitative estimate of drug-likeness (QED) is 0.773. The summed E-state index contributed by atoms with van der Waals surface area (Å²) in [5.74, 6) is -0.197. The highest BCUT2D eigenvalue weighted by Gasteiger charge is 2.06. The van der Waals surface area contributed by atoms with E-state index in [2.05, 4.69) is 20.3 Å². The van der Waals surface area contributed by atoms with Crippen molar-refractivity contribution in [3.05, 3.63) is 77.1 Å². The van der Waals surface area contributed by atoms with Crippen molar-refractivity contribution in [2.24, 2.45) is 0 Å². The topological polar surface area (TPSA) is 87.7 Å². The van der Waals surface area contributed by atoms with E-state index in [1.54, 1.807) is 42.9 Å². The fraction of sp³-hybridized carbons (Fsp3) is 0. The monoisotopic (exact) mass is 292 g/mol. The number of benzene rings is 1. The van der Waals surface area contributed by atoms with Crippen molar-refractivity contribution in [3.63, 3.8) is 0 Å². The fourth-order valence-electron chi connectivity index (χ4n) is 1.93. The number of nitrogens with one attached hydrogen (secondary N) is 2. The van der Waals surface area contributed by atoms with Crippen LogP contribution in [-0.2, 0) is 0 Å². The first kappa shape index (κ1) is 13.7. The summed E-state index contributed by atoms with van der Waals surface area (Å²) in [6.45, 7) is 0. The first-order valence-electron chi connectivity index (χ1n) is 6.59. The van der Waals surface area contributed by atoms with E-state index in [1.807, 2.05) is 12.1 Å². The Balaban J connectivity index is 1.76. The minimum atomic E-state index is -0.245. The number of aromatic amines is 1. The van der Waals surface area contributed by atoms with Crippen LogP contribution in [0.5, 0.6) is 0 Å². The highest BCUT2D eigenvalue weighted by atomic mass is 16.1. The van der Waals surface area contributed by atoms with Gasteiger partial charge in [0.05, 0.1) is 11.9 Å². The van der Waals surface area contributed by atoms with Gasteiger partial charge in [0.25, 0.3) is 11.5 Å². The van der Waals surface area contributed by atoms with E-state index in [1.165, 1.54) is 6.20 Å². The van der Waals surface area contributed by atoms with E-state index in [-0.39, 0.29) is 11.5 Å². The van der Waals surface area contributed by atoms with Gasteiger partial charge in [-0.25, -0.2) is 4.98 Å². The second-order valence-corrected chi connectivity index (χ2v) is 4.56. The van der Waals surface area contributed by atoms with Crippen LogP contribution in [0.1, 0.15) is 10.4 Å². The Kier molecular flexibility index (Phi) is 3.74. The molecule has 2 N–H and O–H groups in total. The number of rotatable bonds is 3. The molecular formula is C16H12N4O2. The van der Waals surface area contributed by atoms with Crippen LogP contribution in [0, 0.1) is 0 Å². The van der Waals surface area contributed by atoms with Crippen LogP contribution in [0.3, 0.4) is 0 Å². The molecule has 0 unspecified atom stereocenters. The molecule has 0 fully saturated rings. The van der Waals surface area contributed by atoms with Crippen LogP contribution in [0.4, 0.5) is 5.69 Å². The Morgan fingerprint density at radius 1 is 1.05 bits per heavy atom. The summed E-state index contributed by atoms with van der Waals surface area (Å²) < 4.78 is 0. The zero-order chi connectivity index (χ0) is 15.4. The van der Waals surface area contributed by atoms with Crippen molar-refractivity contribution in [3.8, 4) is 11.3 Å². The maximum Gasteiger partial charge on any atom is 0.266 e. The van der Waals surface area contributed by atoms with E-state index in [0.717, 1.165) is 5.56 Å². The van der Waals surface area contributed by atoms with Crippen molar-refractivity contribution >= 4 is 11.6 Å². The van der Waals surface area contributed by atoms with Gasteiger partial charge in [-0.15, -0.1) is 0 Å². The molecule has 0 aliphatic carbocycles. The minimum Gasteiger partial charge on any atom is -0.326 e. The van der Waals surface area contributed by atoms with Crippen LogP contribution in [0.2, 0.25) is 0 Å². The third-order valence-corrected chi connectivity index (χ3v) is 3.05. The molecule has 1 aromatic carbocycles. The lowest BCUT2D eigenvalue weighted by molar-refractivity contribution is 0.102. The molecule has 0 atom stereocenters. The Labute approximate surface area is 125 Å². The maximum absolute atomic E-state index is 12.0. The van der Waals surface area contributed by atoms with Crippen molar-refractivity contribution < 1.29 is 4.79 Å². The van der Waals surface area contributed by atoms with Crippen LogP contribution in [-0.4, -0.2) is 20.9 Å². The van der Waals surface area contributed by atoms with Crippen LogP contribution >= 0.6 is 0 Å². The number of aromatic nitrogens is 3. The zero-order valence-corrected chi connectivity index (χ0v) is 11.5. The van der Waals surface area contributed by atoms with E-state index in [0.29, 0.717) is 16.9 Å². The zero-order valence-electron chi connectivity index (χ0n) is 11.5. The summed E-state index contributed by atoms with van der Waals surface area (Å²) in [5.41, 5.74) is 2.48. The molecular weight excluding hydrogens is 280 g/mol. The molecule has 0 saturated heterocycles. The molecule has 0 saturated carbocycles. The lowest BCUT2D eigenvalue weighted by atomic mass is 10.1. The van der Waals surface area contributed by atoms with Gasteiger partial charge in [0.1, 0.15) is 0 Å². The maximum atomic E-state index is 12.0. The van der Waals surface area contributed by atoms with Gasteiger partial charge in [-0.2, -0.15) is 0 Å². The number of pyridine rings is 1. The lowest BCUT2D eigenvalue weighted by Gasteiger charge is -2.06. The minimum absolute atomic E-state index is 0.197. The van der Waals surface area contributed by atoms with Gasteiger partial charge in [-0.1, -0.05) is 12.1 Å². The normalized spacial score (nSPS) is 10.2. The molecule has 0 aliphatic rings. The van der Waals surface area contributed by atoms with Gasteiger partial charge >= 0.3 is 0 Å². The number of hydrogen-bond donors (Lipinski definition) is 2. The van der Waals surface area contributed by atoms with Gasteiger partial charge in [-0.05, 0) is 24.3 Å². The van der Waals surface area contributed by atoms with E-state index in [4.69, 9.17) is 0 Å². The van der Waals surface area contributed by atoms with Crippen molar-refractivity contribution in [2.75, 3.05) is 5.32 Å². The summed E-state index contributed by atoms with van der Waals surface area (Å²) in [7, 11) is 0. The number of nitrogens with zero attached hydrogens (tertiary/aromatic N) is 2. The summed E-state index contributed by atoms with van der Waals surface area (Å²) in [6.07, 6.45) is 5.92. The Morgan fingerprint density at radius 3 is 2.41 bits per heavy atom. The summed E-state index contributed by atoms with van der Waals surface area (Å²) in [4.78, 5) is 33.5. The fourth-order valence-corrected chi connectivity index (χ4v) is 1.93. The first-order valence-corrected chi connectivity index (χ1v) is 6.59. The molecule has 108 valence electrons. The predicted molar refractivity (Wildman–Crippen MR) is 82.5 cm³/mol. The Morgan fingerprint density at radius 2 is 1.77 bits per heavy atom. The molecule has 0 spiro atoms. The number of amides is 1. The average Bonchev–Trinajstić information content (AvgIpc) is 2.57. The Hall–Kier alpha value is -3.28. The van der Waals surface area contributed by atoms with Gasteiger partial charge < -0.3 is 10.3 Å². The SMILES string of the molecule is O=C(Nc1ccc(-c2c[nH]c(=O)cn2)cc1)c1ccncc1. The predicted octanol–water partition coefficient (Wildman–Crippen LogP) is 2.08.